The third-order valence-electron chi connectivity index (χ3n) is 4.91. The number of benzene rings is 2. The standard InChI is InChI=1S/C26H27N5O4/c1-17-5-8-21(9-6-17)30-25(32)16-35-23-10-7-19(12-24(23)34-4)14-28-31-26-22(13-27)20(15-33-3)11-18(2)29-26/h5-12,14H,15-16H2,1-4H3,(H,29,31)(H,30,32)/b28-14-. The minimum Gasteiger partial charge on any atom is -0.493 e. The van der Waals surface area contributed by atoms with Crippen LogP contribution in [0.2, 0.25) is 0 Å². The Hall–Kier alpha value is -4.42. The molecule has 1 aromatic heterocycles. The molecule has 1 amide bonds. The molecule has 0 aliphatic rings. The summed E-state index contributed by atoms with van der Waals surface area (Å²) in [6.07, 6.45) is 1.57. The number of nitrogens with one attached hydrogen (secondary N) is 2. The number of carbonyl (C=O) groups excluding carboxylic acids is 1. The quantitative estimate of drug-likeness (QED) is 0.335. The number of aryl methyl sites for hydroxylation is 2. The van der Waals surface area contributed by atoms with Crippen molar-refractivity contribution in [1.82, 2.24) is 4.98 Å². The summed E-state index contributed by atoms with van der Waals surface area (Å²) in [6.45, 7) is 3.94. The van der Waals surface area contributed by atoms with E-state index in [9.17, 15) is 10.1 Å². The molecule has 0 spiro atoms. The van der Waals surface area contributed by atoms with Gasteiger partial charge < -0.3 is 19.5 Å². The smallest absolute Gasteiger partial charge is 0.262 e. The molecule has 9 nitrogen and oxygen atoms in total. The lowest BCUT2D eigenvalue weighted by molar-refractivity contribution is -0.118. The summed E-state index contributed by atoms with van der Waals surface area (Å²) in [5, 5.41) is 16.5. The number of methoxy groups -OCH3 is 2. The number of hydrogen-bond acceptors (Lipinski definition) is 8. The monoisotopic (exact) mass is 473 g/mol. The topological polar surface area (TPSA) is 118 Å². The molecule has 0 fully saturated rings. The second-order valence-electron chi connectivity index (χ2n) is 7.67. The van der Waals surface area contributed by atoms with E-state index >= 15 is 0 Å². The maximum absolute atomic E-state index is 12.2. The van der Waals surface area contributed by atoms with Crippen molar-refractivity contribution < 1.29 is 19.0 Å². The Labute approximate surface area is 204 Å². The number of rotatable bonds is 10. The van der Waals surface area contributed by atoms with Crippen LogP contribution in [0, 0.1) is 25.2 Å². The SMILES string of the molecule is COCc1cc(C)nc(N/N=C\c2ccc(OCC(=O)Nc3ccc(C)cc3)c(OC)c2)c1C#N. The molecule has 2 aromatic carbocycles. The second-order valence-corrected chi connectivity index (χ2v) is 7.67. The van der Waals surface area contributed by atoms with Gasteiger partial charge in [-0.05, 0) is 55.8 Å². The molecule has 0 saturated heterocycles. The third-order valence-corrected chi connectivity index (χ3v) is 4.91. The lowest BCUT2D eigenvalue weighted by Crippen LogP contribution is -2.20. The van der Waals surface area contributed by atoms with E-state index in [1.54, 1.807) is 31.5 Å². The van der Waals surface area contributed by atoms with Crippen LogP contribution in [0.4, 0.5) is 11.5 Å². The summed E-state index contributed by atoms with van der Waals surface area (Å²) in [7, 11) is 3.08. The Kier molecular flexibility index (Phi) is 8.76. The van der Waals surface area contributed by atoms with Crippen LogP contribution in [0.25, 0.3) is 0 Å². The number of carbonyl (C=O) groups is 1. The average molecular weight is 474 g/mol. The van der Waals surface area contributed by atoms with Crippen molar-refractivity contribution in [1.29, 1.82) is 5.26 Å². The summed E-state index contributed by atoms with van der Waals surface area (Å²) < 4.78 is 16.2. The van der Waals surface area contributed by atoms with Gasteiger partial charge in [0.25, 0.3) is 5.91 Å². The number of pyridine rings is 1. The Morgan fingerprint density at radius 2 is 1.89 bits per heavy atom. The lowest BCUT2D eigenvalue weighted by atomic mass is 10.1. The molecule has 0 unspecified atom stereocenters. The molecule has 0 radical (unpaired) electrons. The van der Waals surface area contributed by atoms with E-state index in [0.717, 1.165) is 16.8 Å². The molecule has 0 aliphatic heterocycles. The van der Waals surface area contributed by atoms with Gasteiger partial charge in [-0.3, -0.25) is 10.2 Å². The van der Waals surface area contributed by atoms with Crippen LogP contribution >= 0.6 is 0 Å². The van der Waals surface area contributed by atoms with E-state index in [1.807, 2.05) is 44.2 Å². The molecule has 3 rings (SSSR count). The zero-order chi connectivity index (χ0) is 25.2. The molecule has 0 aliphatic carbocycles. The van der Waals surface area contributed by atoms with Gasteiger partial charge in [0.1, 0.15) is 11.6 Å². The van der Waals surface area contributed by atoms with E-state index in [2.05, 4.69) is 26.9 Å². The van der Waals surface area contributed by atoms with Gasteiger partial charge in [-0.15, -0.1) is 0 Å². The molecule has 9 heteroatoms. The first-order chi connectivity index (χ1) is 16.9. The largest absolute Gasteiger partial charge is 0.493 e. The van der Waals surface area contributed by atoms with Crippen LogP contribution in [-0.2, 0) is 16.1 Å². The fraction of sp³-hybridized carbons (Fsp3) is 0.231. The van der Waals surface area contributed by atoms with Crippen molar-refractivity contribution >= 4 is 23.6 Å². The van der Waals surface area contributed by atoms with Crippen molar-refractivity contribution in [2.75, 3.05) is 31.6 Å². The lowest BCUT2D eigenvalue weighted by Gasteiger charge is -2.12. The number of nitriles is 1. The molecular weight excluding hydrogens is 446 g/mol. The van der Waals surface area contributed by atoms with Crippen LogP contribution in [0.3, 0.4) is 0 Å². The highest BCUT2D eigenvalue weighted by Gasteiger charge is 2.11. The minimum atomic E-state index is -0.280. The molecule has 0 saturated carbocycles. The maximum atomic E-state index is 12.2. The van der Waals surface area contributed by atoms with E-state index in [0.29, 0.717) is 40.7 Å². The van der Waals surface area contributed by atoms with Gasteiger partial charge in [0, 0.05) is 24.1 Å². The van der Waals surface area contributed by atoms with Crippen LogP contribution in [0.5, 0.6) is 11.5 Å². The fourth-order valence-corrected chi connectivity index (χ4v) is 3.24. The van der Waals surface area contributed by atoms with Crippen molar-refractivity contribution in [2.45, 2.75) is 20.5 Å². The van der Waals surface area contributed by atoms with Crippen LogP contribution < -0.4 is 20.2 Å². The molecule has 0 atom stereocenters. The molecule has 0 bridgehead atoms. The first-order valence-electron chi connectivity index (χ1n) is 10.8. The van der Waals surface area contributed by atoms with Gasteiger partial charge in [-0.1, -0.05) is 17.7 Å². The van der Waals surface area contributed by atoms with E-state index in [4.69, 9.17) is 14.2 Å². The zero-order valence-electron chi connectivity index (χ0n) is 20.1. The summed E-state index contributed by atoms with van der Waals surface area (Å²) in [5.74, 6) is 0.943. The summed E-state index contributed by atoms with van der Waals surface area (Å²) in [6, 6.07) is 16.6. The van der Waals surface area contributed by atoms with Crippen LogP contribution in [-0.4, -0.2) is 37.9 Å². The molecule has 35 heavy (non-hydrogen) atoms. The van der Waals surface area contributed by atoms with E-state index < -0.39 is 0 Å². The Bertz CT molecular complexity index is 1250. The number of nitrogens with zero attached hydrogens (tertiary/aromatic N) is 3. The first kappa shape index (κ1) is 25.2. The number of amides is 1. The number of hydrogen-bond donors (Lipinski definition) is 2. The van der Waals surface area contributed by atoms with Gasteiger partial charge >= 0.3 is 0 Å². The van der Waals surface area contributed by atoms with Gasteiger partial charge in [0.05, 0.1) is 19.9 Å². The highest BCUT2D eigenvalue weighted by molar-refractivity contribution is 5.92. The molecule has 180 valence electrons. The van der Waals surface area contributed by atoms with Crippen molar-refractivity contribution in [3.63, 3.8) is 0 Å². The normalized spacial score (nSPS) is 10.6. The van der Waals surface area contributed by atoms with Gasteiger partial charge in [-0.25, -0.2) is 4.98 Å². The number of ether oxygens (including phenoxy) is 3. The van der Waals surface area contributed by atoms with Crippen LogP contribution in [0.1, 0.15) is 27.9 Å². The Morgan fingerprint density at radius 1 is 1.11 bits per heavy atom. The van der Waals surface area contributed by atoms with Gasteiger partial charge in [-0.2, -0.15) is 10.4 Å². The highest BCUT2D eigenvalue weighted by atomic mass is 16.5. The fourth-order valence-electron chi connectivity index (χ4n) is 3.24. The molecule has 2 N–H and O–H groups in total. The average Bonchev–Trinajstić information content (AvgIpc) is 2.84. The first-order valence-corrected chi connectivity index (χ1v) is 10.8. The maximum Gasteiger partial charge on any atom is 0.262 e. The van der Waals surface area contributed by atoms with Crippen molar-refractivity contribution in [3.8, 4) is 17.6 Å². The van der Waals surface area contributed by atoms with Gasteiger partial charge in [0.2, 0.25) is 0 Å². The number of aromatic nitrogens is 1. The zero-order valence-corrected chi connectivity index (χ0v) is 20.1. The highest BCUT2D eigenvalue weighted by Crippen LogP contribution is 2.27. The Morgan fingerprint density at radius 3 is 2.57 bits per heavy atom. The Balaban J connectivity index is 1.64. The summed E-state index contributed by atoms with van der Waals surface area (Å²) in [5.41, 5.74) is 7.20. The number of hydrazone groups is 1. The van der Waals surface area contributed by atoms with E-state index in [1.165, 1.54) is 7.11 Å². The predicted octanol–water partition coefficient (Wildman–Crippen LogP) is 4.19. The molecule has 1 heterocycles. The molecule has 3 aromatic rings. The number of anilines is 2. The van der Waals surface area contributed by atoms with Crippen molar-refractivity contribution in [3.05, 3.63) is 76.5 Å². The second kappa shape index (κ2) is 12.2. The molecular formula is C26H27N5O4. The van der Waals surface area contributed by atoms with Crippen molar-refractivity contribution in [2.24, 2.45) is 5.10 Å². The van der Waals surface area contributed by atoms with E-state index in [-0.39, 0.29) is 12.5 Å². The minimum absolute atomic E-state index is 0.168. The predicted molar refractivity (Wildman–Crippen MR) is 134 cm³/mol. The summed E-state index contributed by atoms with van der Waals surface area (Å²) in [4.78, 5) is 16.6. The van der Waals surface area contributed by atoms with Gasteiger partial charge in [0.15, 0.2) is 23.9 Å². The summed E-state index contributed by atoms with van der Waals surface area (Å²) >= 11 is 0. The third kappa shape index (κ3) is 7.03. The van der Waals surface area contributed by atoms with Crippen LogP contribution in [0.15, 0.2) is 53.6 Å².